The van der Waals surface area contributed by atoms with Gasteiger partial charge in [0.15, 0.2) is 0 Å². The quantitative estimate of drug-likeness (QED) is 0.708. The molecule has 1 heterocycles. The van der Waals surface area contributed by atoms with Crippen LogP contribution in [0.1, 0.15) is 11.1 Å². The van der Waals surface area contributed by atoms with Crippen molar-refractivity contribution in [2.75, 3.05) is 6.54 Å². The third kappa shape index (κ3) is 3.86. The number of rotatable bonds is 5. The Balaban J connectivity index is 1.79. The van der Waals surface area contributed by atoms with Gasteiger partial charge in [-0.15, -0.1) is 6.42 Å². The van der Waals surface area contributed by atoms with E-state index in [2.05, 4.69) is 10.9 Å². The number of halogens is 2. The number of carbonyl (C=O) groups excluding carboxylic acids is 1. The van der Waals surface area contributed by atoms with Crippen LogP contribution in [0.25, 0.3) is 10.9 Å². The van der Waals surface area contributed by atoms with Gasteiger partial charge in [0.2, 0.25) is 5.91 Å². The standard InChI is InChI=1S/C20H16F2N2O/c1-2-9-24(13-14-3-5-16(21)6-4-14)20(25)10-15-12-23-19-8-7-17(22)11-18(15)19/h1,3-8,11-12,23H,9-10,13H2. The van der Waals surface area contributed by atoms with Gasteiger partial charge in [0.25, 0.3) is 0 Å². The average molecular weight is 338 g/mol. The number of nitrogens with zero attached hydrogens (tertiary/aromatic N) is 1. The molecule has 1 aromatic heterocycles. The minimum absolute atomic E-state index is 0.104. The molecule has 25 heavy (non-hydrogen) atoms. The first-order chi connectivity index (χ1) is 12.1. The third-order valence-corrected chi connectivity index (χ3v) is 3.99. The number of hydrogen-bond donors (Lipinski definition) is 1. The van der Waals surface area contributed by atoms with E-state index in [0.29, 0.717) is 17.5 Å². The minimum Gasteiger partial charge on any atom is -0.361 e. The fourth-order valence-electron chi connectivity index (χ4n) is 2.72. The Labute approximate surface area is 144 Å². The van der Waals surface area contributed by atoms with Crippen molar-refractivity contribution in [3.63, 3.8) is 0 Å². The van der Waals surface area contributed by atoms with Gasteiger partial charge in [0, 0.05) is 23.6 Å². The molecule has 0 aliphatic carbocycles. The highest BCUT2D eigenvalue weighted by Crippen LogP contribution is 2.20. The van der Waals surface area contributed by atoms with Crippen LogP contribution in [0.2, 0.25) is 0 Å². The fourth-order valence-corrected chi connectivity index (χ4v) is 2.72. The van der Waals surface area contributed by atoms with Crippen molar-refractivity contribution >= 4 is 16.8 Å². The van der Waals surface area contributed by atoms with Crippen LogP contribution in [-0.4, -0.2) is 22.3 Å². The number of carbonyl (C=O) groups is 1. The summed E-state index contributed by atoms with van der Waals surface area (Å²) in [5, 5.41) is 0.677. The maximum absolute atomic E-state index is 13.5. The summed E-state index contributed by atoms with van der Waals surface area (Å²) < 4.78 is 26.5. The van der Waals surface area contributed by atoms with Crippen LogP contribution in [-0.2, 0) is 17.8 Å². The van der Waals surface area contributed by atoms with E-state index in [1.165, 1.54) is 29.2 Å². The smallest absolute Gasteiger partial charge is 0.228 e. The molecule has 0 bridgehead atoms. The maximum atomic E-state index is 13.5. The Hall–Kier alpha value is -3.13. The van der Waals surface area contributed by atoms with Gasteiger partial charge in [-0.25, -0.2) is 8.78 Å². The summed E-state index contributed by atoms with van der Waals surface area (Å²) in [5.41, 5.74) is 2.27. The lowest BCUT2D eigenvalue weighted by Crippen LogP contribution is -2.32. The molecule has 0 aliphatic heterocycles. The first kappa shape index (κ1) is 16.7. The lowest BCUT2D eigenvalue weighted by atomic mass is 10.1. The van der Waals surface area contributed by atoms with Crippen LogP contribution < -0.4 is 0 Å². The zero-order valence-corrected chi connectivity index (χ0v) is 13.4. The zero-order valence-electron chi connectivity index (χ0n) is 13.4. The van der Waals surface area contributed by atoms with E-state index in [1.807, 2.05) is 0 Å². The molecule has 0 atom stereocenters. The van der Waals surface area contributed by atoms with Crippen molar-refractivity contribution in [3.8, 4) is 12.3 Å². The number of fused-ring (bicyclic) bond motifs is 1. The van der Waals surface area contributed by atoms with Crippen LogP contribution in [0.15, 0.2) is 48.7 Å². The van der Waals surface area contributed by atoms with E-state index in [4.69, 9.17) is 6.42 Å². The van der Waals surface area contributed by atoms with Crippen molar-refractivity contribution in [3.05, 3.63) is 71.4 Å². The molecular weight excluding hydrogens is 322 g/mol. The number of H-pyrrole nitrogens is 1. The van der Waals surface area contributed by atoms with Crippen LogP contribution in [0, 0.1) is 24.0 Å². The number of terminal acetylenes is 1. The van der Waals surface area contributed by atoms with Gasteiger partial charge in [-0.05, 0) is 41.5 Å². The van der Waals surface area contributed by atoms with Gasteiger partial charge >= 0.3 is 0 Å². The molecule has 1 amide bonds. The average Bonchev–Trinajstić information content (AvgIpc) is 2.98. The molecule has 0 fully saturated rings. The normalized spacial score (nSPS) is 10.6. The predicted octanol–water partition coefficient (Wildman–Crippen LogP) is 3.65. The first-order valence-corrected chi connectivity index (χ1v) is 7.78. The van der Waals surface area contributed by atoms with E-state index in [-0.39, 0.29) is 30.5 Å². The van der Waals surface area contributed by atoms with Gasteiger partial charge in [0.05, 0.1) is 13.0 Å². The molecule has 3 nitrogen and oxygen atoms in total. The molecule has 126 valence electrons. The van der Waals surface area contributed by atoms with E-state index in [1.54, 1.807) is 24.4 Å². The molecule has 0 aliphatic rings. The largest absolute Gasteiger partial charge is 0.361 e. The van der Waals surface area contributed by atoms with Gasteiger partial charge in [-0.1, -0.05) is 18.1 Å². The third-order valence-electron chi connectivity index (χ3n) is 3.99. The van der Waals surface area contributed by atoms with Crippen LogP contribution >= 0.6 is 0 Å². The highest BCUT2D eigenvalue weighted by atomic mass is 19.1. The second-order valence-corrected chi connectivity index (χ2v) is 5.76. The zero-order chi connectivity index (χ0) is 17.8. The minimum atomic E-state index is -0.354. The fraction of sp³-hybridized carbons (Fsp3) is 0.150. The van der Waals surface area contributed by atoms with Crippen LogP contribution in [0.3, 0.4) is 0 Å². The summed E-state index contributed by atoms with van der Waals surface area (Å²) in [6.45, 7) is 0.437. The van der Waals surface area contributed by atoms with Crippen molar-refractivity contribution in [1.82, 2.24) is 9.88 Å². The molecule has 0 spiro atoms. The second kappa shape index (κ2) is 7.18. The van der Waals surface area contributed by atoms with Gasteiger partial charge < -0.3 is 9.88 Å². The number of amides is 1. The monoisotopic (exact) mass is 338 g/mol. The highest BCUT2D eigenvalue weighted by Gasteiger charge is 2.16. The summed E-state index contributed by atoms with van der Waals surface area (Å²) in [6.07, 6.45) is 7.17. The lowest BCUT2D eigenvalue weighted by molar-refractivity contribution is -0.130. The van der Waals surface area contributed by atoms with E-state index < -0.39 is 0 Å². The Bertz CT molecular complexity index is 938. The highest BCUT2D eigenvalue weighted by molar-refractivity contribution is 5.89. The maximum Gasteiger partial charge on any atom is 0.228 e. The molecule has 0 radical (unpaired) electrons. The van der Waals surface area contributed by atoms with Crippen molar-refractivity contribution in [2.45, 2.75) is 13.0 Å². The molecule has 5 heteroatoms. The first-order valence-electron chi connectivity index (χ1n) is 7.78. The SMILES string of the molecule is C#CCN(Cc1ccc(F)cc1)C(=O)Cc1c[nH]c2ccc(F)cc12. The Morgan fingerprint density at radius 2 is 1.84 bits per heavy atom. The number of benzene rings is 2. The summed E-state index contributed by atoms with van der Waals surface area (Å²) >= 11 is 0. The van der Waals surface area contributed by atoms with Crippen molar-refractivity contribution < 1.29 is 13.6 Å². The second-order valence-electron chi connectivity index (χ2n) is 5.76. The summed E-state index contributed by atoms with van der Waals surface area (Å²) in [7, 11) is 0. The van der Waals surface area contributed by atoms with Gasteiger partial charge in [0.1, 0.15) is 11.6 Å². The summed E-state index contributed by atoms with van der Waals surface area (Å²) in [5.74, 6) is 1.61. The Kier molecular flexibility index (Phi) is 4.80. The molecular formula is C20H16F2N2O. The van der Waals surface area contributed by atoms with E-state index in [9.17, 15) is 13.6 Å². The Morgan fingerprint density at radius 1 is 1.12 bits per heavy atom. The number of aromatic amines is 1. The summed E-state index contributed by atoms with van der Waals surface area (Å²) in [4.78, 5) is 17.2. The molecule has 0 saturated carbocycles. The summed E-state index contributed by atoms with van der Waals surface area (Å²) in [6, 6.07) is 10.3. The molecule has 3 rings (SSSR count). The number of nitrogens with one attached hydrogen (secondary N) is 1. The van der Waals surface area contributed by atoms with Crippen LogP contribution in [0.4, 0.5) is 8.78 Å². The molecule has 0 unspecified atom stereocenters. The topological polar surface area (TPSA) is 36.1 Å². The van der Waals surface area contributed by atoms with E-state index in [0.717, 1.165) is 11.1 Å². The predicted molar refractivity (Wildman–Crippen MR) is 92.6 cm³/mol. The van der Waals surface area contributed by atoms with Crippen LogP contribution in [0.5, 0.6) is 0 Å². The van der Waals surface area contributed by atoms with Gasteiger partial charge in [-0.2, -0.15) is 0 Å². The lowest BCUT2D eigenvalue weighted by Gasteiger charge is -2.20. The Morgan fingerprint density at radius 3 is 2.56 bits per heavy atom. The van der Waals surface area contributed by atoms with Gasteiger partial charge in [-0.3, -0.25) is 4.79 Å². The number of hydrogen-bond acceptors (Lipinski definition) is 1. The van der Waals surface area contributed by atoms with Crippen molar-refractivity contribution in [2.24, 2.45) is 0 Å². The molecule has 2 aromatic carbocycles. The molecule has 1 N–H and O–H groups in total. The van der Waals surface area contributed by atoms with E-state index >= 15 is 0 Å². The number of aromatic nitrogens is 1. The molecule has 0 saturated heterocycles. The van der Waals surface area contributed by atoms with Crippen molar-refractivity contribution in [1.29, 1.82) is 0 Å². The molecule has 3 aromatic rings.